The Morgan fingerprint density at radius 2 is 1.63 bits per heavy atom. The van der Waals surface area contributed by atoms with Gasteiger partial charge in [-0.15, -0.1) is 0 Å². The van der Waals surface area contributed by atoms with E-state index in [1.165, 1.54) is 18.2 Å². The summed E-state index contributed by atoms with van der Waals surface area (Å²) in [5, 5.41) is 21.6. The van der Waals surface area contributed by atoms with Crippen molar-refractivity contribution in [1.29, 1.82) is 0 Å². The fourth-order valence-corrected chi connectivity index (χ4v) is 2.54. The summed E-state index contributed by atoms with van der Waals surface area (Å²) in [4.78, 5) is 20.7. The van der Waals surface area contributed by atoms with Crippen LogP contribution in [0.3, 0.4) is 0 Å². The van der Waals surface area contributed by atoms with Crippen LogP contribution >= 0.6 is 22.6 Å². The summed E-state index contributed by atoms with van der Waals surface area (Å²) in [6, 6.07) is 10.7. The Balaban J connectivity index is 2.59. The molecule has 0 amide bonds. The minimum absolute atomic E-state index is 0.00962. The number of benzene rings is 2. The lowest BCUT2D eigenvalue weighted by Gasteiger charge is -2.05. The number of nitro groups is 2. The van der Waals surface area contributed by atoms with Gasteiger partial charge < -0.3 is 0 Å². The van der Waals surface area contributed by atoms with Crippen molar-refractivity contribution >= 4 is 34.0 Å². The lowest BCUT2D eigenvalue weighted by molar-refractivity contribution is -0.385. The monoisotopic (exact) mass is 370 g/mol. The second-order valence-corrected chi connectivity index (χ2v) is 4.78. The zero-order valence-corrected chi connectivity index (χ0v) is 11.6. The average molecular weight is 370 g/mol. The Morgan fingerprint density at radius 3 is 2.26 bits per heavy atom. The Bertz CT molecular complexity index is 673. The van der Waals surface area contributed by atoms with E-state index in [9.17, 15) is 20.2 Å². The van der Waals surface area contributed by atoms with Crippen molar-refractivity contribution < 1.29 is 9.85 Å². The third kappa shape index (κ3) is 2.70. The van der Waals surface area contributed by atoms with Gasteiger partial charge in [-0.3, -0.25) is 20.2 Å². The van der Waals surface area contributed by atoms with Gasteiger partial charge in [0.15, 0.2) is 0 Å². The molecule has 0 N–H and O–H groups in total. The van der Waals surface area contributed by atoms with Crippen molar-refractivity contribution in [3.05, 3.63) is 66.3 Å². The predicted octanol–water partition coefficient (Wildman–Crippen LogP) is 3.77. The molecule has 0 aliphatic heterocycles. The number of rotatable bonds is 3. The zero-order chi connectivity index (χ0) is 14.0. The van der Waals surface area contributed by atoms with Crippen LogP contribution in [0.25, 0.3) is 11.1 Å². The minimum Gasteiger partial charge on any atom is -0.258 e. The quantitative estimate of drug-likeness (QED) is 0.468. The Labute approximate surface area is 121 Å². The first-order chi connectivity index (χ1) is 9.00. The van der Waals surface area contributed by atoms with Crippen LogP contribution in [0.1, 0.15) is 0 Å². The highest BCUT2D eigenvalue weighted by Gasteiger charge is 2.17. The molecular weight excluding hydrogens is 363 g/mol. The largest absolute Gasteiger partial charge is 0.283 e. The molecule has 0 spiro atoms. The molecule has 0 heterocycles. The molecule has 0 radical (unpaired) electrons. The number of halogens is 1. The molecule has 2 rings (SSSR count). The van der Waals surface area contributed by atoms with Gasteiger partial charge in [-0.05, 0) is 28.2 Å². The number of non-ortho nitro benzene ring substituents is 1. The lowest BCUT2D eigenvalue weighted by Crippen LogP contribution is -1.94. The summed E-state index contributed by atoms with van der Waals surface area (Å²) in [5.74, 6) is 0. The van der Waals surface area contributed by atoms with Crippen LogP contribution in [0.15, 0.2) is 42.5 Å². The third-order valence-corrected chi connectivity index (χ3v) is 3.68. The molecule has 0 fully saturated rings. The smallest absolute Gasteiger partial charge is 0.258 e. The van der Waals surface area contributed by atoms with Crippen LogP contribution in [0, 0.1) is 23.8 Å². The maximum Gasteiger partial charge on any atom is 0.283 e. The van der Waals surface area contributed by atoms with Gasteiger partial charge in [-0.1, -0.05) is 24.3 Å². The maximum atomic E-state index is 10.9. The summed E-state index contributed by atoms with van der Waals surface area (Å²) in [5.41, 5.74) is 1.14. The van der Waals surface area contributed by atoms with Crippen LogP contribution < -0.4 is 0 Å². The summed E-state index contributed by atoms with van der Waals surface area (Å²) in [7, 11) is 0. The first kappa shape index (κ1) is 13.4. The van der Waals surface area contributed by atoms with E-state index in [1.54, 1.807) is 24.3 Å². The number of nitrogens with zero attached hydrogens (tertiary/aromatic N) is 2. The van der Waals surface area contributed by atoms with E-state index < -0.39 is 9.85 Å². The van der Waals surface area contributed by atoms with Gasteiger partial charge in [-0.25, -0.2) is 0 Å². The van der Waals surface area contributed by atoms with Crippen molar-refractivity contribution in [3.8, 4) is 11.1 Å². The molecule has 7 heteroatoms. The van der Waals surface area contributed by atoms with Crippen molar-refractivity contribution in [2.24, 2.45) is 0 Å². The molecule has 0 aromatic heterocycles. The second-order valence-electron chi connectivity index (χ2n) is 3.70. The van der Waals surface area contributed by atoms with Gasteiger partial charge in [-0.2, -0.15) is 0 Å². The molecule has 0 unspecified atom stereocenters. The van der Waals surface area contributed by atoms with Crippen molar-refractivity contribution in [2.45, 2.75) is 0 Å². The van der Waals surface area contributed by atoms with E-state index >= 15 is 0 Å². The van der Waals surface area contributed by atoms with Crippen LogP contribution in [0.4, 0.5) is 11.4 Å². The third-order valence-electron chi connectivity index (χ3n) is 2.54. The van der Waals surface area contributed by atoms with Crippen LogP contribution in [-0.2, 0) is 0 Å². The predicted molar refractivity (Wildman–Crippen MR) is 77.9 cm³/mol. The first-order valence-corrected chi connectivity index (χ1v) is 6.26. The van der Waals surface area contributed by atoms with Crippen LogP contribution in [-0.4, -0.2) is 9.85 Å². The Kier molecular flexibility index (Phi) is 3.74. The van der Waals surface area contributed by atoms with Crippen molar-refractivity contribution in [2.75, 3.05) is 0 Å². The molecule has 0 bridgehead atoms. The van der Waals surface area contributed by atoms with Crippen LogP contribution in [0.5, 0.6) is 0 Å². The van der Waals surface area contributed by atoms with Crippen LogP contribution in [0.2, 0.25) is 0 Å². The number of nitro benzene ring substituents is 2. The average Bonchev–Trinajstić information content (AvgIpc) is 2.38. The van der Waals surface area contributed by atoms with Gasteiger partial charge in [0.2, 0.25) is 0 Å². The SMILES string of the molecule is O=[N+]([O-])c1cccc(-c2cccc([N+](=O)[O-])c2I)c1. The van der Waals surface area contributed by atoms with E-state index in [0.29, 0.717) is 14.7 Å². The molecule has 0 aliphatic carbocycles. The summed E-state index contributed by atoms with van der Waals surface area (Å²) >= 11 is 1.88. The van der Waals surface area contributed by atoms with Gasteiger partial charge in [0.1, 0.15) is 0 Å². The van der Waals surface area contributed by atoms with Crippen molar-refractivity contribution in [3.63, 3.8) is 0 Å². The topological polar surface area (TPSA) is 86.3 Å². The summed E-state index contributed by atoms with van der Waals surface area (Å²) in [6.07, 6.45) is 0. The van der Waals surface area contributed by atoms with E-state index in [4.69, 9.17) is 0 Å². The van der Waals surface area contributed by atoms with Gasteiger partial charge in [0, 0.05) is 23.8 Å². The van der Waals surface area contributed by atoms with Gasteiger partial charge in [0.25, 0.3) is 11.4 Å². The first-order valence-electron chi connectivity index (χ1n) is 5.18. The normalized spacial score (nSPS) is 10.2. The zero-order valence-electron chi connectivity index (χ0n) is 9.45. The molecular formula is C12H7IN2O4. The van der Waals surface area contributed by atoms with E-state index in [0.717, 1.165) is 0 Å². The highest BCUT2D eigenvalue weighted by molar-refractivity contribution is 14.1. The number of hydrogen-bond acceptors (Lipinski definition) is 4. The molecule has 96 valence electrons. The Morgan fingerprint density at radius 1 is 0.947 bits per heavy atom. The Hall–Kier alpha value is -2.03. The molecule has 0 atom stereocenters. The fraction of sp³-hybridized carbons (Fsp3) is 0. The highest BCUT2D eigenvalue weighted by atomic mass is 127. The molecule has 2 aromatic rings. The second kappa shape index (κ2) is 5.31. The van der Waals surface area contributed by atoms with Gasteiger partial charge in [0.05, 0.1) is 13.4 Å². The molecule has 2 aromatic carbocycles. The van der Waals surface area contributed by atoms with E-state index in [1.807, 2.05) is 22.6 Å². The fourth-order valence-electron chi connectivity index (χ4n) is 1.67. The molecule has 0 saturated carbocycles. The molecule has 0 aliphatic rings. The van der Waals surface area contributed by atoms with E-state index in [2.05, 4.69) is 0 Å². The van der Waals surface area contributed by atoms with Gasteiger partial charge >= 0.3 is 0 Å². The van der Waals surface area contributed by atoms with Crippen molar-refractivity contribution in [1.82, 2.24) is 0 Å². The molecule has 6 nitrogen and oxygen atoms in total. The molecule has 0 saturated heterocycles. The standard InChI is InChI=1S/C12H7IN2O4/c13-12-10(5-2-6-11(12)15(18)19)8-3-1-4-9(7-8)14(16)17/h1-7H. The number of hydrogen-bond donors (Lipinski definition) is 0. The molecule has 19 heavy (non-hydrogen) atoms. The lowest BCUT2D eigenvalue weighted by atomic mass is 10.0. The minimum atomic E-state index is -0.492. The maximum absolute atomic E-state index is 10.9. The highest BCUT2D eigenvalue weighted by Crippen LogP contribution is 2.33. The summed E-state index contributed by atoms with van der Waals surface area (Å²) < 4.78 is 0.464. The summed E-state index contributed by atoms with van der Waals surface area (Å²) in [6.45, 7) is 0. The van der Waals surface area contributed by atoms with E-state index in [-0.39, 0.29) is 11.4 Å².